The van der Waals surface area contributed by atoms with Gasteiger partial charge in [0.25, 0.3) is 0 Å². The van der Waals surface area contributed by atoms with E-state index in [1.807, 2.05) is 30.3 Å². The van der Waals surface area contributed by atoms with E-state index in [0.29, 0.717) is 11.8 Å². The molecule has 1 aromatic rings. The van der Waals surface area contributed by atoms with Gasteiger partial charge in [-0.2, -0.15) is 5.26 Å². The largest absolute Gasteiger partial charge is 0.197 e. The molecule has 0 saturated heterocycles. The molecule has 2 atom stereocenters. The number of hydrogen-bond donors (Lipinski definition) is 0. The molecule has 2 heteroatoms. The van der Waals surface area contributed by atoms with Gasteiger partial charge in [-0.15, -0.1) is 11.6 Å². The molecule has 1 aliphatic carbocycles. The highest BCUT2D eigenvalue weighted by atomic mass is 35.5. The molecule has 1 saturated carbocycles. The van der Waals surface area contributed by atoms with E-state index in [9.17, 15) is 0 Å². The average Bonchev–Trinajstić information content (AvgIpc) is 2.94. The van der Waals surface area contributed by atoms with E-state index < -0.39 is 0 Å². The van der Waals surface area contributed by atoms with Gasteiger partial charge in [-0.1, -0.05) is 30.3 Å². The van der Waals surface area contributed by atoms with Gasteiger partial charge in [-0.3, -0.25) is 0 Å². The van der Waals surface area contributed by atoms with Crippen LogP contribution in [0.5, 0.6) is 0 Å². The third kappa shape index (κ3) is 1.22. The summed E-state index contributed by atoms with van der Waals surface area (Å²) < 4.78 is 0. The third-order valence-corrected chi connectivity index (χ3v) is 3.15. The minimum atomic E-state index is -0.275. The predicted octanol–water partition coefficient (Wildman–Crippen LogP) is 2.71. The second kappa shape index (κ2) is 3.05. The third-order valence-electron chi connectivity index (χ3n) is 2.78. The van der Waals surface area contributed by atoms with Gasteiger partial charge in [0.05, 0.1) is 11.5 Å². The summed E-state index contributed by atoms with van der Waals surface area (Å²) in [5, 5.41) is 9.10. The number of halogens is 1. The van der Waals surface area contributed by atoms with Crippen LogP contribution < -0.4 is 0 Å². The Kier molecular flexibility index (Phi) is 2.01. The molecule has 0 spiro atoms. The number of nitrogens with zero attached hydrogens (tertiary/aromatic N) is 1. The molecule has 0 aromatic heterocycles. The Morgan fingerprint density at radius 1 is 1.46 bits per heavy atom. The molecule has 0 heterocycles. The van der Waals surface area contributed by atoms with E-state index in [-0.39, 0.29) is 5.41 Å². The van der Waals surface area contributed by atoms with Crippen LogP contribution in [0.25, 0.3) is 0 Å². The average molecular weight is 192 g/mol. The van der Waals surface area contributed by atoms with Gasteiger partial charge in [0, 0.05) is 5.88 Å². The van der Waals surface area contributed by atoms with Gasteiger partial charge < -0.3 is 0 Å². The zero-order valence-electron chi connectivity index (χ0n) is 7.20. The topological polar surface area (TPSA) is 23.8 Å². The van der Waals surface area contributed by atoms with Crippen molar-refractivity contribution in [1.82, 2.24) is 0 Å². The Hall–Kier alpha value is -1.00. The first kappa shape index (κ1) is 8.59. The first-order valence-corrected chi connectivity index (χ1v) is 4.89. The maximum absolute atomic E-state index is 9.10. The van der Waals surface area contributed by atoms with Crippen LogP contribution in [0.1, 0.15) is 12.0 Å². The zero-order valence-corrected chi connectivity index (χ0v) is 7.96. The second-order valence-electron chi connectivity index (χ2n) is 3.50. The molecule has 0 aliphatic heterocycles. The van der Waals surface area contributed by atoms with Crippen molar-refractivity contribution in [2.24, 2.45) is 5.92 Å². The summed E-state index contributed by atoms with van der Waals surface area (Å²) in [4.78, 5) is 0. The number of hydrogen-bond acceptors (Lipinski definition) is 1. The molecule has 1 fully saturated rings. The lowest BCUT2D eigenvalue weighted by Crippen LogP contribution is -2.07. The molecule has 66 valence electrons. The minimum Gasteiger partial charge on any atom is -0.197 e. The molecular weight excluding hydrogens is 182 g/mol. The van der Waals surface area contributed by atoms with Crippen molar-refractivity contribution >= 4 is 11.6 Å². The van der Waals surface area contributed by atoms with Gasteiger partial charge >= 0.3 is 0 Å². The monoisotopic (exact) mass is 191 g/mol. The highest BCUT2D eigenvalue weighted by molar-refractivity contribution is 6.18. The van der Waals surface area contributed by atoms with Crippen molar-refractivity contribution in [2.45, 2.75) is 11.8 Å². The Labute approximate surface area is 82.9 Å². The smallest absolute Gasteiger partial charge is 0.0866 e. The first-order valence-electron chi connectivity index (χ1n) is 4.36. The molecule has 0 N–H and O–H groups in total. The highest BCUT2D eigenvalue weighted by Gasteiger charge is 2.55. The van der Waals surface area contributed by atoms with E-state index in [2.05, 4.69) is 6.07 Å². The number of nitriles is 1. The van der Waals surface area contributed by atoms with Crippen molar-refractivity contribution in [3.05, 3.63) is 35.9 Å². The Balaban J connectivity index is 2.32. The van der Waals surface area contributed by atoms with Gasteiger partial charge in [-0.05, 0) is 17.9 Å². The molecular formula is C11H10ClN. The summed E-state index contributed by atoms with van der Waals surface area (Å²) in [6.45, 7) is 0. The zero-order chi connectivity index (χ0) is 9.31. The van der Waals surface area contributed by atoms with Crippen LogP contribution in [0, 0.1) is 17.2 Å². The lowest BCUT2D eigenvalue weighted by atomic mass is 9.95. The van der Waals surface area contributed by atoms with Crippen LogP contribution in [-0.4, -0.2) is 5.88 Å². The van der Waals surface area contributed by atoms with Crippen LogP contribution >= 0.6 is 11.6 Å². The number of rotatable bonds is 2. The van der Waals surface area contributed by atoms with Crippen molar-refractivity contribution in [2.75, 3.05) is 5.88 Å². The predicted molar refractivity (Wildman–Crippen MR) is 52.6 cm³/mol. The lowest BCUT2D eigenvalue weighted by Gasteiger charge is -2.06. The fraction of sp³-hybridized carbons (Fsp3) is 0.364. The van der Waals surface area contributed by atoms with E-state index in [0.717, 1.165) is 12.0 Å². The lowest BCUT2D eigenvalue weighted by molar-refractivity contribution is 0.797. The maximum Gasteiger partial charge on any atom is 0.0866 e. The van der Waals surface area contributed by atoms with E-state index in [1.54, 1.807) is 0 Å². The van der Waals surface area contributed by atoms with Gasteiger partial charge in [0.15, 0.2) is 0 Å². The van der Waals surface area contributed by atoms with Crippen molar-refractivity contribution in [3.8, 4) is 6.07 Å². The summed E-state index contributed by atoms with van der Waals surface area (Å²) in [5.74, 6) is 0.934. The summed E-state index contributed by atoms with van der Waals surface area (Å²) in [5.41, 5.74) is 0.839. The molecule has 0 amide bonds. The maximum atomic E-state index is 9.10. The summed E-state index contributed by atoms with van der Waals surface area (Å²) in [6.07, 6.45) is 0.914. The summed E-state index contributed by atoms with van der Waals surface area (Å²) in [7, 11) is 0. The van der Waals surface area contributed by atoms with E-state index in [1.165, 1.54) is 0 Å². The van der Waals surface area contributed by atoms with E-state index >= 15 is 0 Å². The second-order valence-corrected chi connectivity index (χ2v) is 3.81. The Morgan fingerprint density at radius 2 is 2.15 bits per heavy atom. The fourth-order valence-corrected chi connectivity index (χ4v) is 2.18. The Morgan fingerprint density at radius 3 is 2.62 bits per heavy atom. The normalized spacial score (nSPS) is 30.9. The Bertz CT molecular complexity index is 341. The standard InChI is InChI=1S/C11H10ClN/c12-7-10-6-11(10,8-13)9-4-2-1-3-5-9/h1-5,10H,6-7H2. The molecule has 0 bridgehead atoms. The van der Waals surface area contributed by atoms with Crippen LogP contribution in [-0.2, 0) is 5.41 Å². The molecule has 2 rings (SSSR count). The van der Waals surface area contributed by atoms with Crippen LogP contribution in [0.4, 0.5) is 0 Å². The summed E-state index contributed by atoms with van der Waals surface area (Å²) >= 11 is 5.76. The molecule has 2 unspecified atom stereocenters. The first-order chi connectivity index (χ1) is 6.33. The van der Waals surface area contributed by atoms with Crippen molar-refractivity contribution in [3.63, 3.8) is 0 Å². The van der Waals surface area contributed by atoms with Crippen LogP contribution in [0.3, 0.4) is 0 Å². The van der Waals surface area contributed by atoms with Crippen LogP contribution in [0.15, 0.2) is 30.3 Å². The van der Waals surface area contributed by atoms with Crippen molar-refractivity contribution < 1.29 is 0 Å². The molecule has 1 aliphatic rings. The van der Waals surface area contributed by atoms with Gasteiger partial charge in [-0.25, -0.2) is 0 Å². The SMILES string of the molecule is N#CC1(c2ccccc2)CC1CCl. The summed E-state index contributed by atoms with van der Waals surface area (Å²) in [6, 6.07) is 12.3. The number of benzene rings is 1. The molecule has 1 aromatic carbocycles. The van der Waals surface area contributed by atoms with Gasteiger partial charge in [0.1, 0.15) is 0 Å². The molecule has 13 heavy (non-hydrogen) atoms. The molecule has 1 nitrogen and oxygen atoms in total. The number of alkyl halides is 1. The van der Waals surface area contributed by atoms with E-state index in [4.69, 9.17) is 16.9 Å². The van der Waals surface area contributed by atoms with Gasteiger partial charge in [0.2, 0.25) is 0 Å². The quantitative estimate of drug-likeness (QED) is 0.660. The van der Waals surface area contributed by atoms with Crippen LogP contribution in [0.2, 0.25) is 0 Å². The minimum absolute atomic E-state index is 0.275. The molecule has 0 radical (unpaired) electrons. The van der Waals surface area contributed by atoms with Crippen molar-refractivity contribution in [1.29, 1.82) is 5.26 Å². The highest BCUT2D eigenvalue weighted by Crippen LogP contribution is 2.54. The fourth-order valence-electron chi connectivity index (χ4n) is 1.81.